The van der Waals surface area contributed by atoms with Gasteiger partial charge in [-0.05, 0) is 129 Å². The molecule has 0 radical (unpaired) electrons. The van der Waals surface area contributed by atoms with Gasteiger partial charge in [-0.2, -0.15) is 5.26 Å². The molecule has 264 valence electrons. The normalized spacial score (nSPS) is 18.1. The fourth-order valence-electron chi connectivity index (χ4n) is 8.08. The Kier molecular flexibility index (Phi) is 9.20. The van der Waals surface area contributed by atoms with Crippen LogP contribution in [0, 0.1) is 43.9 Å². The van der Waals surface area contributed by atoms with Crippen molar-refractivity contribution in [1.29, 1.82) is 5.26 Å². The van der Waals surface area contributed by atoms with Crippen molar-refractivity contribution < 1.29 is 4.42 Å². The van der Waals surface area contributed by atoms with Crippen LogP contribution in [0.4, 0.5) is 11.5 Å². The third kappa shape index (κ3) is 6.76. The fraction of sp³-hybridized carbons (Fsp3) is 0.372. The van der Waals surface area contributed by atoms with Gasteiger partial charge < -0.3 is 14.6 Å². The van der Waals surface area contributed by atoms with Gasteiger partial charge >= 0.3 is 0 Å². The van der Waals surface area contributed by atoms with E-state index in [-0.39, 0.29) is 0 Å². The molecule has 2 aliphatic rings. The lowest BCUT2D eigenvalue weighted by Gasteiger charge is -2.17. The molecule has 3 aromatic carbocycles. The number of oxazole rings is 1. The van der Waals surface area contributed by atoms with E-state index in [1.165, 1.54) is 31.5 Å². The van der Waals surface area contributed by atoms with E-state index in [2.05, 4.69) is 85.3 Å². The molecule has 0 aliphatic carbocycles. The molecule has 6 aromatic rings. The van der Waals surface area contributed by atoms with Crippen LogP contribution in [0.5, 0.6) is 0 Å². The summed E-state index contributed by atoms with van der Waals surface area (Å²) in [7, 11) is 0. The number of nitriles is 1. The largest absolute Gasteiger partial charge is 0.435 e. The summed E-state index contributed by atoms with van der Waals surface area (Å²) in [5.41, 5.74) is 11.9. The molecule has 5 heterocycles. The molecule has 0 saturated carbocycles. The Morgan fingerprint density at radius 1 is 0.827 bits per heavy atom. The van der Waals surface area contributed by atoms with E-state index >= 15 is 0 Å². The van der Waals surface area contributed by atoms with Crippen LogP contribution in [-0.4, -0.2) is 62.5 Å². The summed E-state index contributed by atoms with van der Waals surface area (Å²) < 4.78 is 6.35. The Balaban J connectivity index is 1.07. The van der Waals surface area contributed by atoms with Gasteiger partial charge in [0.05, 0.1) is 11.1 Å². The molecule has 2 fully saturated rings. The number of likely N-dealkylation sites (tertiary alicyclic amines) is 2. The average Bonchev–Trinajstić information content (AvgIpc) is 3.87. The number of nitrogens with zero attached hydrogens (tertiary/aromatic N) is 7. The van der Waals surface area contributed by atoms with E-state index < -0.39 is 0 Å². The van der Waals surface area contributed by atoms with Crippen LogP contribution in [0.3, 0.4) is 0 Å². The first-order valence-electron chi connectivity index (χ1n) is 18.6. The Morgan fingerprint density at radius 3 is 2.29 bits per heavy atom. The highest BCUT2D eigenvalue weighted by Gasteiger charge is 2.22. The van der Waals surface area contributed by atoms with Gasteiger partial charge in [-0.3, -0.25) is 9.88 Å². The van der Waals surface area contributed by atoms with Gasteiger partial charge in [-0.15, -0.1) is 0 Å². The van der Waals surface area contributed by atoms with Crippen LogP contribution < -0.4 is 5.32 Å². The topological polar surface area (TPSA) is 107 Å². The third-order valence-corrected chi connectivity index (χ3v) is 11.0. The maximum absolute atomic E-state index is 10.0. The molecule has 3 aromatic heterocycles. The second-order valence-corrected chi connectivity index (χ2v) is 15.1. The standard InChI is InChI=1S/C43H46N8O/c1-26-12-15-50(23-26)17-14-31-19-38-40(45-22-31)42(47-30(5)46-38)48-37-11-7-9-35(29(37)4)34-8-6-10-36(28(34)3)43-49-39-20-32(18-33(21-44)41(39)52-43)25-51-16-13-27(2)24-51/h6-11,18-20,22,26-27H,12-17,23-25H2,1-5H3,(H,46,47,48). The number of hydrogen-bond donors (Lipinski definition) is 1. The molecular weight excluding hydrogens is 645 g/mol. The monoisotopic (exact) mass is 690 g/mol. The highest BCUT2D eigenvalue weighted by Crippen LogP contribution is 2.38. The molecule has 2 aliphatic heterocycles. The number of hydrogen-bond acceptors (Lipinski definition) is 9. The van der Waals surface area contributed by atoms with E-state index in [1.807, 2.05) is 31.3 Å². The third-order valence-electron chi connectivity index (χ3n) is 11.0. The Labute approximate surface area is 305 Å². The van der Waals surface area contributed by atoms with E-state index in [4.69, 9.17) is 24.4 Å². The molecule has 9 heteroatoms. The highest BCUT2D eigenvalue weighted by molar-refractivity contribution is 5.89. The number of aryl methyl sites for hydroxylation is 1. The van der Waals surface area contributed by atoms with E-state index in [0.717, 1.165) is 94.1 Å². The van der Waals surface area contributed by atoms with Crippen molar-refractivity contribution in [3.8, 4) is 28.7 Å². The van der Waals surface area contributed by atoms with Crippen LogP contribution in [0.1, 0.15) is 60.3 Å². The van der Waals surface area contributed by atoms with E-state index in [1.54, 1.807) is 0 Å². The van der Waals surface area contributed by atoms with Crippen molar-refractivity contribution >= 4 is 33.6 Å². The summed E-state index contributed by atoms with van der Waals surface area (Å²) in [5.74, 6) is 3.41. The van der Waals surface area contributed by atoms with Crippen LogP contribution in [0.25, 0.3) is 44.7 Å². The number of pyridine rings is 1. The maximum Gasteiger partial charge on any atom is 0.227 e. The summed E-state index contributed by atoms with van der Waals surface area (Å²) in [6, 6.07) is 21.1. The number of fused-ring (bicyclic) bond motifs is 2. The zero-order chi connectivity index (χ0) is 35.9. The SMILES string of the molecule is Cc1nc(Nc2cccc(-c3cccc(-c4nc5cc(CN6CCC(C)C6)cc(C#N)c5o4)c3C)c2C)c2ncc(CCN3CCC(C)C3)cc2n1. The first kappa shape index (κ1) is 33.9. The molecule has 0 bridgehead atoms. The summed E-state index contributed by atoms with van der Waals surface area (Å²) in [4.78, 5) is 24.4. The molecule has 0 spiro atoms. The van der Waals surface area contributed by atoms with E-state index in [9.17, 15) is 5.26 Å². The molecule has 52 heavy (non-hydrogen) atoms. The lowest BCUT2D eigenvalue weighted by Crippen LogP contribution is -2.23. The van der Waals surface area contributed by atoms with Crippen LogP contribution >= 0.6 is 0 Å². The molecule has 9 nitrogen and oxygen atoms in total. The Morgan fingerprint density at radius 2 is 1.54 bits per heavy atom. The van der Waals surface area contributed by atoms with Gasteiger partial charge in [0.15, 0.2) is 11.4 Å². The zero-order valence-electron chi connectivity index (χ0n) is 30.8. The van der Waals surface area contributed by atoms with Crippen molar-refractivity contribution in [2.75, 3.05) is 38.0 Å². The molecular formula is C43H46N8O. The molecule has 2 unspecified atom stereocenters. The number of rotatable bonds is 9. The molecule has 2 saturated heterocycles. The quantitative estimate of drug-likeness (QED) is 0.159. The van der Waals surface area contributed by atoms with Gasteiger partial charge in [0.25, 0.3) is 0 Å². The van der Waals surface area contributed by atoms with Crippen LogP contribution in [0.15, 0.2) is 65.2 Å². The first-order valence-corrected chi connectivity index (χ1v) is 18.6. The minimum Gasteiger partial charge on any atom is -0.435 e. The minimum atomic E-state index is 0.521. The van der Waals surface area contributed by atoms with Crippen LogP contribution in [0.2, 0.25) is 0 Å². The average molecular weight is 691 g/mol. The number of nitrogens with one attached hydrogen (secondary N) is 1. The fourth-order valence-corrected chi connectivity index (χ4v) is 8.08. The molecule has 8 rings (SSSR count). The van der Waals surface area contributed by atoms with Gasteiger partial charge in [0.1, 0.15) is 22.9 Å². The van der Waals surface area contributed by atoms with E-state index in [0.29, 0.717) is 34.6 Å². The summed E-state index contributed by atoms with van der Waals surface area (Å²) in [5, 5.41) is 13.6. The second-order valence-electron chi connectivity index (χ2n) is 15.1. The lowest BCUT2D eigenvalue weighted by molar-refractivity contribution is 0.320. The predicted molar refractivity (Wildman–Crippen MR) is 207 cm³/mol. The molecule has 0 amide bonds. The van der Waals surface area contributed by atoms with Crippen molar-refractivity contribution in [3.63, 3.8) is 0 Å². The van der Waals surface area contributed by atoms with Gasteiger partial charge in [0, 0.05) is 43.6 Å². The van der Waals surface area contributed by atoms with Gasteiger partial charge in [-0.1, -0.05) is 38.1 Å². The summed E-state index contributed by atoms with van der Waals surface area (Å²) >= 11 is 0. The zero-order valence-corrected chi connectivity index (χ0v) is 30.8. The van der Waals surface area contributed by atoms with Crippen molar-refractivity contribution in [1.82, 2.24) is 29.7 Å². The Bertz CT molecular complexity index is 2340. The predicted octanol–water partition coefficient (Wildman–Crippen LogP) is 8.77. The lowest BCUT2D eigenvalue weighted by atomic mass is 9.93. The first-order chi connectivity index (χ1) is 25.2. The van der Waals surface area contributed by atoms with Crippen molar-refractivity contribution in [3.05, 3.63) is 94.4 Å². The molecule has 1 N–H and O–H groups in total. The second kappa shape index (κ2) is 14.1. The molecule has 2 atom stereocenters. The van der Waals surface area contributed by atoms with Gasteiger partial charge in [-0.25, -0.2) is 15.0 Å². The summed E-state index contributed by atoms with van der Waals surface area (Å²) in [6.07, 6.45) is 5.43. The van der Waals surface area contributed by atoms with Gasteiger partial charge in [0.2, 0.25) is 5.89 Å². The van der Waals surface area contributed by atoms with Crippen LogP contribution in [-0.2, 0) is 13.0 Å². The Hall–Kier alpha value is -5.17. The minimum absolute atomic E-state index is 0.521. The summed E-state index contributed by atoms with van der Waals surface area (Å²) in [6.45, 7) is 17.2. The highest BCUT2D eigenvalue weighted by atomic mass is 16.3. The van der Waals surface area contributed by atoms with Crippen molar-refractivity contribution in [2.24, 2.45) is 11.8 Å². The number of anilines is 2. The number of benzene rings is 3. The van der Waals surface area contributed by atoms with Crippen molar-refractivity contribution in [2.45, 2.75) is 60.4 Å². The number of aromatic nitrogens is 4. The maximum atomic E-state index is 10.0. The smallest absolute Gasteiger partial charge is 0.227 e.